The van der Waals surface area contributed by atoms with E-state index in [-0.39, 0.29) is 5.91 Å². The molecule has 4 nitrogen and oxygen atoms in total. The number of aryl methyl sites for hydroxylation is 2. The lowest BCUT2D eigenvalue weighted by Gasteiger charge is -2.28. The van der Waals surface area contributed by atoms with Crippen molar-refractivity contribution < 1.29 is 4.79 Å². The molecule has 4 heteroatoms. The molecular weight excluding hydrogens is 274 g/mol. The van der Waals surface area contributed by atoms with E-state index in [4.69, 9.17) is 0 Å². The third-order valence-electron chi connectivity index (χ3n) is 3.47. The van der Waals surface area contributed by atoms with Crippen molar-refractivity contribution in [3.8, 4) is 0 Å². The molecule has 0 aliphatic carbocycles. The van der Waals surface area contributed by atoms with E-state index < -0.39 is 0 Å². The van der Waals surface area contributed by atoms with Crippen LogP contribution >= 0.6 is 0 Å². The van der Waals surface area contributed by atoms with Gasteiger partial charge in [-0.1, -0.05) is 39.8 Å². The second-order valence-electron chi connectivity index (χ2n) is 4.68. The molecule has 0 unspecified atom stereocenters. The Labute approximate surface area is 133 Å². The molecule has 1 aliphatic rings. The van der Waals surface area contributed by atoms with Gasteiger partial charge in [0.2, 0.25) is 0 Å². The van der Waals surface area contributed by atoms with Crippen molar-refractivity contribution >= 4 is 11.6 Å². The molecule has 0 fully saturated rings. The summed E-state index contributed by atoms with van der Waals surface area (Å²) in [7, 11) is 1.86. The molecule has 3 rings (SSSR count). The van der Waals surface area contributed by atoms with Crippen LogP contribution in [0.4, 0.5) is 5.69 Å². The average Bonchev–Trinajstić information content (AvgIpc) is 2.99. The standard InChI is InChI=1S/C14H15N3O.2C2H6/c1-10-4-3-5-13-12(10)6-7-17(14(13)18)11-8-15-16(2)9-11;2*1-2/h3-5,8-9H,6-7H2,1-2H3;2*1-2H3. The number of hydrogen-bond donors (Lipinski definition) is 0. The fraction of sp³-hybridized carbons (Fsp3) is 0.444. The summed E-state index contributed by atoms with van der Waals surface area (Å²) in [4.78, 5) is 14.3. The molecule has 0 saturated carbocycles. The highest BCUT2D eigenvalue weighted by Crippen LogP contribution is 2.25. The lowest BCUT2D eigenvalue weighted by molar-refractivity contribution is 0.0980. The van der Waals surface area contributed by atoms with Gasteiger partial charge in [-0.3, -0.25) is 9.48 Å². The van der Waals surface area contributed by atoms with E-state index in [1.54, 1.807) is 15.8 Å². The molecule has 120 valence electrons. The SMILES string of the molecule is CC.CC.Cc1cccc2c1CCN(c1cnn(C)c1)C2=O. The van der Waals surface area contributed by atoms with Crippen molar-refractivity contribution in [1.29, 1.82) is 0 Å². The highest BCUT2D eigenvalue weighted by Gasteiger charge is 2.26. The van der Waals surface area contributed by atoms with E-state index in [1.165, 1.54) is 11.1 Å². The lowest BCUT2D eigenvalue weighted by Crippen LogP contribution is -2.37. The van der Waals surface area contributed by atoms with Crippen molar-refractivity contribution in [3.05, 3.63) is 47.3 Å². The number of rotatable bonds is 1. The molecule has 0 atom stereocenters. The van der Waals surface area contributed by atoms with Gasteiger partial charge in [0, 0.05) is 25.4 Å². The van der Waals surface area contributed by atoms with Crippen LogP contribution in [0.25, 0.3) is 0 Å². The van der Waals surface area contributed by atoms with Gasteiger partial charge < -0.3 is 4.90 Å². The zero-order valence-electron chi connectivity index (χ0n) is 14.6. The molecule has 0 radical (unpaired) electrons. The summed E-state index contributed by atoms with van der Waals surface area (Å²) in [6.07, 6.45) is 4.51. The summed E-state index contributed by atoms with van der Waals surface area (Å²) < 4.78 is 1.72. The second kappa shape index (κ2) is 8.37. The number of hydrogen-bond acceptors (Lipinski definition) is 2. The molecule has 2 aromatic rings. The number of amides is 1. The molecule has 1 aliphatic heterocycles. The van der Waals surface area contributed by atoms with Gasteiger partial charge in [0.15, 0.2) is 0 Å². The molecule has 1 amide bonds. The smallest absolute Gasteiger partial charge is 0.258 e. The topological polar surface area (TPSA) is 38.1 Å². The highest BCUT2D eigenvalue weighted by molar-refractivity contribution is 6.08. The van der Waals surface area contributed by atoms with Crippen molar-refractivity contribution in [3.63, 3.8) is 0 Å². The van der Waals surface area contributed by atoms with Crippen LogP contribution in [0.1, 0.15) is 49.2 Å². The van der Waals surface area contributed by atoms with Crippen LogP contribution in [0, 0.1) is 6.92 Å². The van der Waals surface area contributed by atoms with Crippen LogP contribution in [0.15, 0.2) is 30.6 Å². The minimum absolute atomic E-state index is 0.0768. The minimum Gasteiger partial charge on any atom is -0.305 e. The van der Waals surface area contributed by atoms with Crippen LogP contribution in [0.3, 0.4) is 0 Å². The molecule has 1 aromatic heterocycles. The first-order valence-corrected chi connectivity index (χ1v) is 8.06. The van der Waals surface area contributed by atoms with Gasteiger partial charge in [-0.15, -0.1) is 0 Å². The summed E-state index contributed by atoms with van der Waals surface area (Å²) in [6.45, 7) is 10.8. The van der Waals surface area contributed by atoms with E-state index in [2.05, 4.69) is 18.1 Å². The van der Waals surface area contributed by atoms with Crippen LogP contribution < -0.4 is 4.90 Å². The third kappa shape index (κ3) is 3.56. The van der Waals surface area contributed by atoms with E-state index in [1.807, 2.05) is 53.1 Å². The van der Waals surface area contributed by atoms with E-state index >= 15 is 0 Å². The Morgan fingerprint density at radius 2 is 1.82 bits per heavy atom. The van der Waals surface area contributed by atoms with Crippen molar-refractivity contribution in [1.82, 2.24) is 9.78 Å². The van der Waals surface area contributed by atoms with E-state index in [9.17, 15) is 4.79 Å². The number of aromatic nitrogens is 2. The van der Waals surface area contributed by atoms with Gasteiger partial charge in [0.1, 0.15) is 0 Å². The summed E-state index contributed by atoms with van der Waals surface area (Å²) in [5.41, 5.74) is 4.08. The molecule has 22 heavy (non-hydrogen) atoms. The zero-order valence-corrected chi connectivity index (χ0v) is 14.6. The molecule has 0 spiro atoms. The van der Waals surface area contributed by atoms with Crippen LogP contribution in [-0.2, 0) is 13.5 Å². The van der Waals surface area contributed by atoms with Crippen LogP contribution in [-0.4, -0.2) is 22.2 Å². The second-order valence-corrected chi connectivity index (χ2v) is 4.68. The summed E-state index contributed by atoms with van der Waals surface area (Å²) >= 11 is 0. The monoisotopic (exact) mass is 301 g/mol. The number of nitrogens with zero attached hydrogens (tertiary/aromatic N) is 3. The predicted molar refractivity (Wildman–Crippen MR) is 92.5 cm³/mol. The lowest BCUT2D eigenvalue weighted by atomic mass is 9.94. The van der Waals surface area contributed by atoms with Gasteiger partial charge in [-0.05, 0) is 30.5 Å². The highest BCUT2D eigenvalue weighted by atomic mass is 16.2. The fourth-order valence-corrected chi connectivity index (χ4v) is 2.50. The minimum atomic E-state index is 0.0768. The molecular formula is C18H27N3O. The number of benzene rings is 1. The fourth-order valence-electron chi connectivity index (χ4n) is 2.50. The van der Waals surface area contributed by atoms with Gasteiger partial charge >= 0.3 is 0 Å². The van der Waals surface area contributed by atoms with Gasteiger partial charge in [-0.25, -0.2) is 0 Å². The summed E-state index contributed by atoms with van der Waals surface area (Å²) in [6, 6.07) is 5.91. The molecule has 0 bridgehead atoms. The van der Waals surface area contributed by atoms with Gasteiger partial charge in [0.25, 0.3) is 5.91 Å². The van der Waals surface area contributed by atoms with Crippen molar-refractivity contribution in [2.24, 2.45) is 7.05 Å². The van der Waals surface area contributed by atoms with E-state index in [0.717, 1.165) is 24.2 Å². The number of carbonyl (C=O) groups excluding carboxylic acids is 1. The number of carbonyl (C=O) groups is 1. The Morgan fingerprint density at radius 1 is 1.14 bits per heavy atom. The molecule has 0 saturated heterocycles. The first-order chi connectivity index (χ1) is 10.7. The quantitative estimate of drug-likeness (QED) is 0.799. The Balaban J connectivity index is 0.000000561. The zero-order chi connectivity index (χ0) is 16.7. The Morgan fingerprint density at radius 3 is 2.41 bits per heavy atom. The Kier molecular flexibility index (Phi) is 6.83. The Hall–Kier alpha value is -2.10. The first-order valence-electron chi connectivity index (χ1n) is 8.06. The Bertz CT molecular complexity index is 617. The maximum atomic E-state index is 12.5. The molecule has 2 heterocycles. The normalized spacial score (nSPS) is 12.6. The maximum absolute atomic E-state index is 12.5. The largest absolute Gasteiger partial charge is 0.305 e. The van der Waals surface area contributed by atoms with E-state index in [0.29, 0.717) is 0 Å². The number of fused-ring (bicyclic) bond motifs is 1. The first kappa shape index (κ1) is 18.0. The summed E-state index contributed by atoms with van der Waals surface area (Å²) in [5, 5.41) is 4.12. The van der Waals surface area contributed by atoms with Gasteiger partial charge in [-0.2, -0.15) is 5.10 Å². The molecule has 1 aromatic carbocycles. The van der Waals surface area contributed by atoms with Gasteiger partial charge in [0.05, 0.1) is 11.9 Å². The van der Waals surface area contributed by atoms with Crippen LogP contribution in [0.2, 0.25) is 0 Å². The predicted octanol–water partition coefficient (Wildman–Crippen LogP) is 3.98. The van der Waals surface area contributed by atoms with Crippen molar-refractivity contribution in [2.45, 2.75) is 41.0 Å². The summed E-state index contributed by atoms with van der Waals surface area (Å²) in [5.74, 6) is 0.0768. The van der Waals surface area contributed by atoms with Crippen molar-refractivity contribution in [2.75, 3.05) is 11.4 Å². The average molecular weight is 301 g/mol. The third-order valence-corrected chi connectivity index (χ3v) is 3.47. The maximum Gasteiger partial charge on any atom is 0.258 e. The van der Waals surface area contributed by atoms with Crippen LogP contribution in [0.5, 0.6) is 0 Å². The molecule has 0 N–H and O–H groups in total. The number of anilines is 1.